The van der Waals surface area contributed by atoms with Crippen LogP contribution in [0.1, 0.15) is 6.92 Å². The van der Waals surface area contributed by atoms with Crippen molar-refractivity contribution >= 4 is 11.6 Å². The Balaban J connectivity index is 3.49. The van der Waals surface area contributed by atoms with Crippen molar-refractivity contribution in [3.8, 4) is 6.07 Å². The van der Waals surface area contributed by atoms with E-state index in [1.807, 2.05) is 6.07 Å². The third kappa shape index (κ3) is 2.15. The Labute approximate surface area is 53.7 Å². The second-order valence-corrected chi connectivity index (χ2v) is 1.95. The molecule has 0 aliphatic heterocycles. The molecule has 0 saturated carbocycles. The summed E-state index contributed by atoms with van der Waals surface area (Å²) < 4.78 is 0. The average Bonchev–Trinajstić information content (AvgIpc) is 1.84. The van der Waals surface area contributed by atoms with Crippen LogP contribution in [0.2, 0.25) is 0 Å². The molecule has 0 aliphatic rings. The van der Waals surface area contributed by atoms with Gasteiger partial charge in [-0.05, 0) is 6.92 Å². The fraction of sp³-hybridized carbons (Fsp3) is 0.800. The number of alkyl halides is 1. The first-order valence-electron chi connectivity index (χ1n) is 2.36. The van der Waals surface area contributed by atoms with Gasteiger partial charge in [-0.3, -0.25) is 0 Å². The number of hydrogen-bond acceptors (Lipinski definition) is 2. The molecule has 0 aromatic rings. The Bertz CT molecular complexity index is 99.1. The molecule has 0 spiro atoms. The van der Waals surface area contributed by atoms with Gasteiger partial charge in [0.25, 0.3) is 0 Å². The molecule has 0 aromatic carbocycles. The molecule has 0 radical (unpaired) electrons. The van der Waals surface area contributed by atoms with Crippen LogP contribution in [0.25, 0.3) is 0 Å². The van der Waals surface area contributed by atoms with Crippen LogP contribution in [0.15, 0.2) is 0 Å². The molecule has 0 amide bonds. The summed E-state index contributed by atoms with van der Waals surface area (Å²) in [6.07, 6.45) is -0.679. The van der Waals surface area contributed by atoms with Crippen molar-refractivity contribution in [1.82, 2.24) is 0 Å². The lowest BCUT2D eigenvalue weighted by Crippen LogP contribution is -2.17. The van der Waals surface area contributed by atoms with E-state index in [4.69, 9.17) is 22.0 Å². The third-order valence-electron chi connectivity index (χ3n) is 0.939. The molecular weight excluding hydrogens is 126 g/mol. The molecule has 0 heterocycles. The highest BCUT2D eigenvalue weighted by atomic mass is 35.5. The Kier molecular flexibility index (Phi) is 3.59. The van der Waals surface area contributed by atoms with Crippen molar-refractivity contribution in [2.75, 3.05) is 5.88 Å². The van der Waals surface area contributed by atoms with Gasteiger partial charge < -0.3 is 5.11 Å². The van der Waals surface area contributed by atoms with Crippen LogP contribution in [0.5, 0.6) is 0 Å². The molecule has 2 atom stereocenters. The zero-order chi connectivity index (χ0) is 6.57. The van der Waals surface area contributed by atoms with Crippen LogP contribution in [0, 0.1) is 17.2 Å². The quantitative estimate of drug-likeness (QED) is 0.565. The Morgan fingerprint density at radius 3 is 2.50 bits per heavy atom. The predicted octanol–water partition coefficient (Wildman–Crippen LogP) is 0.746. The standard InChI is InChI=1S/C5H8ClNO/c1-4(3-7)5(8)2-6/h4-5,8H,2H2,1H3/t4?,5-/m0/s1. The first kappa shape index (κ1) is 7.74. The minimum atomic E-state index is -0.679. The number of aliphatic hydroxyl groups excluding tert-OH is 1. The lowest BCUT2D eigenvalue weighted by molar-refractivity contribution is 0.163. The van der Waals surface area contributed by atoms with Gasteiger partial charge in [-0.1, -0.05) is 0 Å². The van der Waals surface area contributed by atoms with Gasteiger partial charge in [-0.2, -0.15) is 5.26 Å². The Morgan fingerprint density at radius 1 is 1.88 bits per heavy atom. The van der Waals surface area contributed by atoms with Crippen molar-refractivity contribution in [2.45, 2.75) is 13.0 Å². The maximum absolute atomic E-state index is 8.77. The third-order valence-corrected chi connectivity index (χ3v) is 1.26. The molecule has 0 bridgehead atoms. The van der Waals surface area contributed by atoms with Crippen LogP contribution in [0.3, 0.4) is 0 Å². The summed E-state index contributed by atoms with van der Waals surface area (Å²) in [6.45, 7) is 1.63. The second kappa shape index (κ2) is 3.71. The summed E-state index contributed by atoms with van der Waals surface area (Å²) in [6, 6.07) is 1.88. The summed E-state index contributed by atoms with van der Waals surface area (Å²) in [5.74, 6) is -0.221. The van der Waals surface area contributed by atoms with Crippen molar-refractivity contribution in [1.29, 1.82) is 5.26 Å². The number of aliphatic hydroxyl groups is 1. The monoisotopic (exact) mass is 133 g/mol. The molecule has 1 N–H and O–H groups in total. The SMILES string of the molecule is CC(C#N)[C@@H](O)CCl. The summed E-state index contributed by atoms with van der Waals surface area (Å²) in [5.41, 5.74) is 0. The fourth-order valence-electron chi connectivity index (χ4n) is 0.220. The van der Waals surface area contributed by atoms with E-state index in [0.29, 0.717) is 0 Å². The van der Waals surface area contributed by atoms with E-state index in [1.165, 1.54) is 0 Å². The molecular formula is C5H8ClNO. The van der Waals surface area contributed by atoms with Gasteiger partial charge in [0.05, 0.1) is 18.1 Å². The van der Waals surface area contributed by atoms with Gasteiger partial charge in [-0.25, -0.2) is 0 Å². The van der Waals surface area contributed by atoms with Crippen LogP contribution >= 0.6 is 11.6 Å². The number of nitrogens with zero attached hydrogens (tertiary/aromatic N) is 1. The van der Waals surface area contributed by atoms with Gasteiger partial charge in [0.2, 0.25) is 0 Å². The van der Waals surface area contributed by atoms with Crippen molar-refractivity contribution in [3.63, 3.8) is 0 Å². The largest absolute Gasteiger partial charge is 0.391 e. The van der Waals surface area contributed by atoms with Gasteiger partial charge in [0, 0.05) is 5.88 Å². The van der Waals surface area contributed by atoms with Crippen molar-refractivity contribution < 1.29 is 5.11 Å². The zero-order valence-corrected chi connectivity index (χ0v) is 5.39. The molecule has 0 saturated heterocycles. The maximum Gasteiger partial charge on any atom is 0.0830 e. The van der Waals surface area contributed by atoms with Gasteiger partial charge in [-0.15, -0.1) is 11.6 Å². The number of rotatable bonds is 2. The van der Waals surface area contributed by atoms with Crippen LogP contribution in [0.4, 0.5) is 0 Å². The number of nitriles is 1. The lowest BCUT2D eigenvalue weighted by Gasteiger charge is -2.05. The maximum atomic E-state index is 8.77. The van der Waals surface area contributed by atoms with E-state index in [2.05, 4.69) is 0 Å². The molecule has 0 fully saturated rings. The van der Waals surface area contributed by atoms with Crippen LogP contribution in [-0.4, -0.2) is 17.1 Å². The van der Waals surface area contributed by atoms with E-state index >= 15 is 0 Å². The highest BCUT2D eigenvalue weighted by Crippen LogP contribution is 2.01. The number of hydrogen-bond donors (Lipinski definition) is 1. The van der Waals surface area contributed by atoms with E-state index < -0.39 is 6.10 Å². The zero-order valence-electron chi connectivity index (χ0n) is 4.63. The van der Waals surface area contributed by atoms with Crippen molar-refractivity contribution in [2.24, 2.45) is 5.92 Å². The summed E-state index contributed by atoms with van der Waals surface area (Å²) >= 11 is 5.22. The summed E-state index contributed by atoms with van der Waals surface area (Å²) in [7, 11) is 0. The topological polar surface area (TPSA) is 44.0 Å². The van der Waals surface area contributed by atoms with Gasteiger partial charge >= 0.3 is 0 Å². The lowest BCUT2D eigenvalue weighted by atomic mass is 10.1. The van der Waals surface area contributed by atoms with Gasteiger partial charge in [0.15, 0.2) is 0 Å². The minimum Gasteiger partial charge on any atom is -0.391 e. The van der Waals surface area contributed by atoms with Crippen molar-refractivity contribution in [3.05, 3.63) is 0 Å². The molecule has 0 aliphatic carbocycles. The molecule has 2 nitrogen and oxygen atoms in total. The van der Waals surface area contributed by atoms with Crippen LogP contribution < -0.4 is 0 Å². The molecule has 0 rings (SSSR count). The minimum absolute atomic E-state index is 0.134. The first-order valence-corrected chi connectivity index (χ1v) is 2.89. The summed E-state index contributed by atoms with van der Waals surface area (Å²) in [5, 5.41) is 16.9. The number of halogens is 1. The van der Waals surface area contributed by atoms with E-state index in [1.54, 1.807) is 6.92 Å². The molecule has 0 aromatic heterocycles. The van der Waals surface area contributed by atoms with Gasteiger partial charge in [0.1, 0.15) is 0 Å². The summed E-state index contributed by atoms with van der Waals surface area (Å²) in [4.78, 5) is 0. The Hall–Kier alpha value is -0.260. The molecule has 1 unspecified atom stereocenters. The van der Waals surface area contributed by atoms with E-state index in [9.17, 15) is 0 Å². The smallest absolute Gasteiger partial charge is 0.0830 e. The highest BCUT2D eigenvalue weighted by Gasteiger charge is 2.10. The van der Waals surface area contributed by atoms with E-state index in [-0.39, 0.29) is 11.8 Å². The second-order valence-electron chi connectivity index (χ2n) is 1.64. The molecule has 8 heavy (non-hydrogen) atoms. The first-order chi connectivity index (χ1) is 3.72. The fourth-order valence-corrected chi connectivity index (χ4v) is 0.487. The Morgan fingerprint density at radius 2 is 2.38 bits per heavy atom. The normalized spacial score (nSPS) is 16.8. The van der Waals surface area contributed by atoms with Crippen LogP contribution in [-0.2, 0) is 0 Å². The highest BCUT2D eigenvalue weighted by molar-refractivity contribution is 6.18. The average molecular weight is 134 g/mol. The predicted molar refractivity (Wildman–Crippen MR) is 31.5 cm³/mol. The molecule has 3 heteroatoms. The van der Waals surface area contributed by atoms with E-state index in [0.717, 1.165) is 0 Å². The molecule has 46 valence electrons.